The Hall–Kier alpha value is -2.17. The number of aliphatic hydroxyl groups is 1. The van der Waals surface area contributed by atoms with Crippen LogP contribution in [0.2, 0.25) is 5.02 Å². The van der Waals surface area contributed by atoms with Gasteiger partial charge in [0.1, 0.15) is 0 Å². The van der Waals surface area contributed by atoms with Gasteiger partial charge < -0.3 is 20.5 Å². The molecule has 3 amide bonds. The number of nitrogens with zero attached hydrogens (tertiary/aromatic N) is 2. The Kier molecular flexibility index (Phi) is 7.02. The van der Waals surface area contributed by atoms with Gasteiger partial charge in [0.2, 0.25) is 0 Å². The summed E-state index contributed by atoms with van der Waals surface area (Å²) < 4.78 is 6.02. The number of anilines is 2. The molecule has 0 radical (unpaired) electrons. The second-order valence-electron chi connectivity index (χ2n) is 7.67. The lowest BCUT2D eigenvalue weighted by molar-refractivity contribution is -0.140. The maximum absolute atomic E-state index is 13.4. The van der Waals surface area contributed by atoms with Crippen molar-refractivity contribution in [1.29, 1.82) is 0 Å². The number of carbonyl (C=O) groups is 2. The average Bonchev–Trinajstić information content (AvgIpc) is 2.79. The third-order valence-electron chi connectivity index (χ3n) is 5.57. The van der Waals surface area contributed by atoms with E-state index in [1.807, 2.05) is 0 Å². The van der Waals surface area contributed by atoms with Gasteiger partial charge in [0.25, 0.3) is 11.6 Å². The van der Waals surface area contributed by atoms with Crippen molar-refractivity contribution in [1.82, 2.24) is 10.2 Å². The van der Waals surface area contributed by atoms with Gasteiger partial charge in [-0.1, -0.05) is 27.5 Å². The fourth-order valence-electron chi connectivity index (χ4n) is 3.92. The second kappa shape index (κ2) is 9.76. The van der Waals surface area contributed by atoms with Crippen LogP contribution in [0, 0.1) is 0 Å². The molecule has 1 fully saturated rings. The summed E-state index contributed by atoms with van der Waals surface area (Å²) in [7, 11) is 0. The zero-order valence-corrected chi connectivity index (χ0v) is 19.7. The molecule has 0 unspecified atom stereocenters. The van der Waals surface area contributed by atoms with E-state index < -0.39 is 17.7 Å². The van der Waals surface area contributed by atoms with Gasteiger partial charge >= 0.3 is 6.03 Å². The largest absolute Gasteiger partial charge is 0.379 e. The Balaban J connectivity index is 1.59. The molecular weight excluding hydrogens is 500 g/mol. The van der Waals surface area contributed by atoms with Crippen molar-refractivity contribution in [3.63, 3.8) is 0 Å². The molecule has 2 aromatic carbocycles. The molecule has 1 saturated heterocycles. The lowest BCUT2D eigenvalue weighted by Gasteiger charge is -2.42. The average molecular weight is 524 g/mol. The van der Waals surface area contributed by atoms with Gasteiger partial charge in [0.15, 0.2) is 0 Å². The highest BCUT2D eigenvalue weighted by Gasteiger charge is 2.52. The summed E-state index contributed by atoms with van der Waals surface area (Å²) >= 11 is 9.38. The zero-order valence-electron chi connectivity index (χ0n) is 17.3. The van der Waals surface area contributed by atoms with Crippen molar-refractivity contribution >= 4 is 50.8 Å². The molecule has 1 atom stereocenters. The Labute approximate surface area is 199 Å². The first-order valence-corrected chi connectivity index (χ1v) is 11.5. The monoisotopic (exact) mass is 522 g/mol. The van der Waals surface area contributed by atoms with E-state index in [-0.39, 0.29) is 5.56 Å². The van der Waals surface area contributed by atoms with E-state index in [4.69, 9.17) is 16.3 Å². The summed E-state index contributed by atoms with van der Waals surface area (Å²) in [6.07, 6.45) is 0.709. The topological polar surface area (TPSA) is 94.1 Å². The van der Waals surface area contributed by atoms with E-state index in [1.54, 1.807) is 42.5 Å². The van der Waals surface area contributed by atoms with Crippen LogP contribution in [-0.4, -0.2) is 61.3 Å². The van der Waals surface area contributed by atoms with E-state index in [9.17, 15) is 14.7 Å². The SMILES string of the molecule is O=C1Nc2ccc(Br)cc2[C@](O)(C(=O)NCCCN2CCOCC2)N1c1ccc(Cl)cc1. The highest BCUT2D eigenvalue weighted by atomic mass is 79.9. The second-order valence-corrected chi connectivity index (χ2v) is 9.02. The van der Waals surface area contributed by atoms with Gasteiger partial charge in [-0.25, -0.2) is 4.79 Å². The number of carbonyl (C=O) groups excluding carboxylic acids is 2. The third-order valence-corrected chi connectivity index (χ3v) is 6.31. The molecule has 2 aliphatic heterocycles. The van der Waals surface area contributed by atoms with Gasteiger partial charge in [-0.15, -0.1) is 0 Å². The van der Waals surface area contributed by atoms with Crippen LogP contribution >= 0.6 is 27.5 Å². The first-order valence-electron chi connectivity index (χ1n) is 10.4. The highest BCUT2D eigenvalue weighted by molar-refractivity contribution is 9.10. The molecule has 4 rings (SSSR count). The maximum Gasteiger partial charge on any atom is 0.329 e. The van der Waals surface area contributed by atoms with Crippen LogP contribution in [0.1, 0.15) is 12.0 Å². The van der Waals surface area contributed by atoms with Crippen LogP contribution in [0.15, 0.2) is 46.9 Å². The number of benzene rings is 2. The summed E-state index contributed by atoms with van der Waals surface area (Å²) in [6, 6.07) is 10.8. The number of hydrogen-bond acceptors (Lipinski definition) is 5. The summed E-state index contributed by atoms with van der Waals surface area (Å²) in [4.78, 5) is 29.7. The molecule has 32 heavy (non-hydrogen) atoms. The molecule has 0 aromatic heterocycles. The summed E-state index contributed by atoms with van der Waals surface area (Å²) in [5.41, 5.74) is -1.26. The Morgan fingerprint density at radius 3 is 2.66 bits per heavy atom. The van der Waals surface area contributed by atoms with E-state index in [2.05, 4.69) is 31.5 Å². The molecule has 0 aliphatic carbocycles. The van der Waals surface area contributed by atoms with Gasteiger partial charge in [-0.05, 0) is 55.4 Å². The zero-order chi connectivity index (χ0) is 22.7. The lowest BCUT2D eigenvalue weighted by atomic mass is 9.94. The van der Waals surface area contributed by atoms with Crippen LogP contribution in [0.5, 0.6) is 0 Å². The molecule has 170 valence electrons. The van der Waals surface area contributed by atoms with Crippen LogP contribution in [-0.2, 0) is 15.3 Å². The fraction of sp³-hybridized carbons (Fsp3) is 0.364. The predicted octanol–water partition coefficient (Wildman–Crippen LogP) is 3.14. The number of rotatable bonds is 6. The van der Waals surface area contributed by atoms with Crippen LogP contribution in [0.4, 0.5) is 16.2 Å². The third kappa shape index (κ3) is 4.62. The summed E-state index contributed by atoms with van der Waals surface area (Å²) in [5.74, 6) is -0.677. The standard InChI is InChI=1S/C22H24BrClN4O4/c23-15-2-7-19-18(14-15)22(31,20(29)25-8-1-9-27-10-12-32-13-11-27)28(21(30)26-19)17-5-3-16(24)4-6-17/h2-7,14,31H,1,8-13H2,(H,25,29)(H,26,30)/t22-/m0/s1. The number of urea groups is 1. The van der Waals surface area contributed by atoms with Crippen molar-refractivity contribution in [2.24, 2.45) is 0 Å². The van der Waals surface area contributed by atoms with Gasteiger partial charge in [0.05, 0.1) is 18.9 Å². The first-order chi connectivity index (χ1) is 15.4. The Morgan fingerprint density at radius 2 is 1.94 bits per heavy atom. The quantitative estimate of drug-likeness (QED) is 0.506. The number of morpholine rings is 1. The summed E-state index contributed by atoms with van der Waals surface area (Å²) in [6.45, 7) is 4.32. The van der Waals surface area contributed by atoms with Crippen molar-refractivity contribution < 1.29 is 19.4 Å². The minimum atomic E-state index is -2.24. The molecule has 2 heterocycles. The number of ether oxygens (including phenoxy) is 1. The van der Waals surface area contributed by atoms with Crippen LogP contribution in [0.3, 0.4) is 0 Å². The van der Waals surface area contributed by atoms with Crippen molar-refractivity contribution in [3.05, 3.63) is 57.5 Å². The first kappa shape index (κ1) is 23.0. The van der Waals surface area contributed by atoms with Gasteiger partial charge in [0, 0.05) is 40.4 Å². The normalized spacial score (nSPS) is 21.1. The molecule has 0 bridgehead atoms. The summed E-state index contributed by atoms with van der Waals surface area (Å²) in [5, 5.41) is 17.8. The van der Waals surface area contributed by atoms with Crippen molar-refractivity contribution in [2.75, 3.05) is 49.6 Å². The molecule has 3 N–H and O–H groups in total. The van der Waals surface area contributed by atoms with Crippen molar-refractivity contribution in [2.45, 2.75) is 12.1 Å². The molecule has 8 nitrogen and oxygen atoms in total. The minimum absolute atomic E-state index is 0.270. The predicted molar refractivity (Wildman–Crippen MR) is 126 cm³/mol. The number of halogens is 2. The Morgan fingerprint density at radius 1 is 1.22 bits per heavy atom. The molecule has 10 heteroatoms. The van der Waals surface area contributed by atoms with Gasteiger partial charge in [-0.2, -0.15) is 0 Å². The highest BCUT2D eigenvalue weighted by Crippen LogP contribution is 2.41. The molecule has 0 saturated carbocycles. The number of nitrogens with one attached hydrogen (secondary N) is 2. The number of amides is 3. The molecule has 0 spiro atoms. The Bertz CT molecular complexity index is 1000. The van der Waals surface area contributed by atoms with E-state index in [1.165, 1.54) is 0 Å². The molecule has 2 aromatic rings. The van der Waals surface area contributed by atoms with Crippen LogP contribution < -0.4 is 15.5 Å². The van der Waals surface area contributed by atoms with E-state index in [0.717, 1.165) is 24.5 Å². The van der Waals surface area contributed by atoms with Gasteiger partial charge in [-0.3, -0.25) is 14.6 Å². The number of fused-ring (bicyclic) bond motifs is 1. The van der Waals surface area contributed by atoms with Crippen LogP contribution in [0.25, 0.3) is 0 Å². The minimum Gasteiger partial charge on any atom is -0.379 e. The fourth-order valence-corrected chi connectivity index (χ4v) is 4.41. The lowest BCUT2D eigenvalue weighted by Crippen LogP contribution is -2.62. The molecule has 2 aliphatic rings. The smallest absolute Gasteiger partial charge is 0.329 e. The van der Waals surface area contributed by atoms with E-state index >= 15 is 0 Å². The van der Waals surface area contributed by atoms with E-state index in [0.29, 0.717) is 47.0 Å². The van der Waals surface area contributed by atoms with Crippen molar-refractivity contribution in [3.8, 4) is 0 Å². The maximum atomic E-state index is 13.4. The number of hydrogen-bond donors (Lipinski definition) is 3. The molecular formula is C22H24BrClN4O4.